The highest BCUT2D eigenvalue weighted by Crippen LogP contribution is 2.01. The number of hydrogen-bond acceptors (Lipinski definition) is 3. The maximum Gasteiger partial charge on any atom is 0.407 e. The second kappa shape index (κ2) is 4.92. The Morgan fingerprint density at radius 1 is 1.58 bits per heavy atom. The molecule has 1 atom stereocenters. The van der Waals surface area contributed by atoms with Gasteiger partial charge in [-0.05, 0) is 5.92 Å². The summed E-state index contributed by atoms with van der Waals surface area (Å²) in [5.74, 6) is 0.168. The van der Waals surface area contributed by atoms with Crippen LogP contribution in [0.15, 0.2) is 0 Å². The molecule has 1 amide bonds. The topological polar surface area (TPSA) is 64.3 Å². The summed E-state index contributed by atoms with van der Waals surface area (Å²) in [6.45, 7) is 3.83. The van der Waals surface area contributed by atoms with Crippen LogP contribution < -0.4 is 11.1 Å². The zero-order chi connectivity index (χ0) is 9.72. The molecule has 0 spiro atoms. The number of rotatable bonds is 3. The molecule has 0 saturated heterocycles. The number of carbonyl (C=O) groups is 1. The molecule has 0 aromatic rings. The van der Waals surface area contributed by atoms with Crippen molar-refractivity contribution in [2.45, 2.75) is 19.9 Å². The lowest BCUT2D eigenvalue weighted by Crippen LogP contribution is -2.46. The lowest BCUT2D eigenvalue weighted by molar-refractivity contribution is 0.167. The number of nitrogens with two attached hydrogens (primary N) is 1. The predicted octanol–water partition coefficient (Wildman–Crippen LogP) is 0.653. The highest BCUT2D eigenvalue weighted by Gasteiger charge is 2.18. The third-order valence-corrected chi connectivity index (χ3v) is 1.69. The van der Waals surface area contributed by atoms with E-state index < -0.39 is 6.09 Å². The van der Waals surface area contributed by atoms with Gasteiger partial charge in [-0.15, -0.1) is 0 Å². The van der Waals surface area contributed by atoms with E-state index in [1.165, 1.54) is 7.11 Å². The van der Waals surface area contributed by atoms with Crippen LogP contribution in [0, 0.1) is 5.92 Å². The molecule has 3 N–H and O–H groups in total. The third kappa shape index (κ3) is 3.52. The smallest absolute Gasteiger partial charge is 0.407 e. The Balaban J connectivity index is 4.14. The molecule has 0 radical (unpaired) electrons. The van der Waals surface area contributed by atoms with Crippen LogP contribution >= 0.6 is 12.2 Å². The highest BCUT2D eigenvalue weighted by atomic mass is 32.1. The molecule has 5 heteroatoms. The van der Waals surface area contributed by atoms with Crippen molar-refractivity contribution < 1.29 is 9.53 Å². The van der Waals surface area contributed by atoms with E-state index in [2.05, 4.69) is 10.1 Å². The molecule has 4 nitrogen and oxygen atoms in total. The van der Waals surface area contributed by atoms with Crippen molar-refractivity contribution in [3.63, 3.8) is 0 Å². The first kappa shape index (κ1) is 11.2. The Morgan fingerprint density at radius 2 is 2.08 bits per heavy atom. The van der Waals surface area contributed by atoms with E-state index >= 15 is 0 Å². The fourth-order valence-electron chi connectivity index (χ4n) is 0.752. The average Bonchev–Trinajstić information content (AvgIpc) is 1.98. The van der Waals surface area contributed by atoms with E-state index in [1.807, 2.05) is 13.8 Å². The number of amides is 1. The SMILES string of the molecule is COC(=O)NC(C(N)=S)C(C)C. The molecular formula is C7H14N2O2S. The Morgan fingerprint density at radius 3 is 2.33 bits per heavy atom. The molecule has 0 saturated carbocycles. The van der Waals surface area contributed by atoms with Crippen molar-refractivity contribution in [3.8, 4) is 0 Å². The van der Waals surface area contributed by atoms with E-state index in [0.717, 1.165) is 0 Å². The van der Waals surface area contributed by atoms with Crippen molar-refractivity contribution in [1.29, 1.82) is 0 Å². The summed E-state index contributed by atoms with van der Waals surface area (Å²) in [6, 6.07) is -0.299. The first-order chi connectivity index (χ1) is 5.49. The molecule has 0 bridgehead atoms. The predicted molar refractivity (Wildman–Crippen MR) is 51.0 cm³/mol. The summed E-state index contributed by atoms with van der Waals surface area (Å²) in [5.41, 5.74) is 5.40. The van der Waals surface area contributed by atoms with E-state index in [0.29, 0.717) is 0 Å². The maximum atomic E-state index is 10.8. The average molecular weight is 190 g/mol. The molecule has 0 aliphatic rings. The number of hydrogen-bond donors (Lipinski definition) is 2. The van der Waals surface area contributed by atoms with Crippen molar-refractivity contribution in [2.24, 2.45) is 11.7 Å². The normalized spacial score (nSPS) is 12.3. The van der Waals surface area contributed by atoms with Crippen molar-refractivity contribution >= 4 is 23.3 Å². The summed E-state index contributed by atoms with van der Waals surface area (Å²) in [5, 5.41) is 2.54. The molecule has 0 rings (SSSR count). The number of methoxy groups -OCH3 is 1. The summed E-state index contributed by atoms with van der Waals surface area (Å²) >= 11 is 4.77. The third-order valence-electron chi connectivity index (χ3n) is 1.43. The second-order valence-corrected chi connectivity index (χ2v) is 3.23. The Kier molecular flexibility index (Phi) is 4.58. The molecule has 0 fully saturated rings. The first-order valence-electron chi connectivity index (χ1n) is 3.62. The van der Waals surface area contributed by atoms with Crippen LogP contribution in [-0.2, 0) is 4.74 Å². The molecule has 0 aromatic heterocycles. The lowest BCUT2D eigenvalue weighted by atomic mass is 10.1. The molecular weight excluding hydrogens is 176 g/mol. The fraction of sp³-hybridized carbons (Fsp3) is 0.714. The lowest BCUT2D eigenvalue weighted by Gasteiger charge is -2.19. The van der Waals surface area contributed by atoms with Gasteiger partial charge < -0.3 is 15.8 Å². The van der Waals surface area contributed by atoms with Crippen molar-refractivity contribution in [1.82, 2.24) is 5.32 Å². The number of thiocarbonyl (C=S) groups is 1. The van der Waals surface area contributed by atoms with E-state index in [9.17, 15) is 4.79 Å². The van der Waals surface area contributed by atoms with Crippen molar-refractivity contribution in [2.75, 3.05) is 7.11 Å². The van der Waals surface area contributed by atoms with Gasteiger partial charge in [0.25, 0.3) is 0 Å². The van der Waals surface area contributed by atoms with Gasteiger partial charge in [0, 0.05) is 0 Å². The number of ether oxygens (including phenoxy) is 1. The van der Waals surface area contributed by atoms with Gasteiger partial charge in [0.2, 0.25) is 0 Å². The summed E-state index contributed by atoms with van der Waals surface area (Å²) in [4.78, 5) is 11.1. The van der Waals surface area contributed by atoms with Gasteiger partial charge >= 0.3 is 6.09 Å². The summed E-state index contributed by atoms with van der Waals surface area (Å²) < 4.78 is 4.42. The highest BCUT2D eigenvalue weighted by molar-refractivity contribution is 7.80. The zero-order valence-corrected chi connectivity index (χ0v) is 8.27. The molecule has 70 valence electrons. The van der Waals surface area contributed by atoms with E-state index in [4.69, 9.17) is 18.0 Å². The van der Waals surface area contributed by atoms with Crippen LogP contribution in [-0.4, -0.2) is 24.2 Å². The first-order valence-corrected chi connectivity index (χ1v) is 4.03. The van der Waals surface area contributed by atoms with Crippen LogP contribution in [0.1, 0.15) is 13.8 Å². The van der Waals surface area contributed by atoms with Gasteiger partial charge in [-0.3, -0.25) is 0 Å². The Labute approximate surface area is 77.5 Å². The van der Waals surface area contributed by atoms with Gasteiger partial charge in [0.1, 0.15) is 0 Å². The maximum absolute atomic E-state index is 10.8. The van der Waals surface area contributed by atoms with Crippen LogP contribution in [0.4, 0.5) is 4.79 Å². The molecule has 0 aliphatic carbocycles. The van der Waals surface area contributed by atoms with Crippen LogP contribution in [0.3, 0.4) is 0 Å². The number of alkyl carbamates (subject to hydrolysis) is 1. The van der Waals surface area contributed by atoms with Gasteiger partial charge in [-0.1, -0.05) is 26.1 Å². The van der Waals surface area contributed by atoms with Gasteiger partial charge in [0.15, 0.2) is 0 Å². The summed E-state index contributed by atoms with van der Waals surface area (Å²) in [6.07, 6.45) is -0.512. The molecule has 1 unspecified atom stereocenters. The largest absolute Gasteiger partial charge is 0.453 e. The Hall–Kier alpha value is -0.840. The van der Waals surface area contributed by atoms with E-state index in [1.54, 1.807) is 0 Å². The minimum atomic E-state index is -0.512. The minimum Gasteiger partial charge on any atom is -0.453 e. The molecule has 0 aromatic carbocycles. The van der Waals surface area contributed by atoms with Crippen LogP contribution in [0.5, 0.6) is 0 Å². The monoisotopic (exact) mass is 190 g/mol. The van der Waals surface area contributed by atoms with Crippen molar-refractivity contribution in [3.05, 3.63) is 0 Å². The van der Waals surface area contributed by atoms with Crippen LogP contribution in [0.2, 0.25) is 0 Å². The van der Waals surface area contributed by atoms with Gasteiger partial charge in [-0.2, -0.15) is 0 Å². The minimum absolute atomic E-state index is 0.168. The molecule has 0 aliphatic heterocycles. The Bertz CT molecular complexity index is 182. The van der Waals surface area contributed by atoms with Gasteiger partial charge in [0.05, 0.1) is 18.1 Å². The quantitative estimate of drug-likeness (QED) is 0.641. The molecule has 0 heterocycles. The summed E-state index contributed by atoms with van der Waals surface area (Å²) in [7, 11) is 1.30. The fourth-order valence-corrected chi connectivity index (χ4v) is 1.08. The zero-order valence-electron chi connectivity index (χ0n) is 7.46. The molecule has 12 heavy (non-hydrogen) atoms. The number of nitrogens with one attached hydrogen (secondary N) is 1. The number of carbonyl (C=O) groups excluding carboxylic acids is 1. The van der Waals surface area contributed by atoms with Crippen LogP contribution in [0.25, 0.3) is 0 Å². The standard InChI is InChI=1S/C7H14N2O2S/c1-4(2)5(6(8)12)9-7(10)11-3/h4-5H,1-3H3,(H2,8,12)(H,9,10). The van der Waals surface area contributed by atoms with Gasteiger partial charge in [-0.25, -0.2) is 4.79 Å². The second-order valence-electron chi connectivity index (χ2n) is 2.76. The van der Waals surface area contributed by atoms with E-state index in [-0.39, 0.29) is 16.9 Å².